The predicted molar refractivity (Wildman–Crippen MR) is 128 cm³/mol. The van der Waals surface area contributed by atoms with Gasteiger partial charge in [-0.1, -0.05) is 35.3 Å². The molecule has 164 valence electrons. The van der Waals surface area contributed by atoms with Crippen molar-refractivity contribution < 1.29 is 13.2 Å². The Morgan fingerprint density at radius 2 is 1.80 bits per heavy atom. The summed E-state index contributed by atoms with van der Waals surface area (Å²) in [5.74, 6) is 1.08. The van der Waals surface area contributed by atoms with Crippen molar-refractivity contribution in [3.63, 3.8) is 0 Å². The summed E-state index contributed by atoms with van der Waals surface area (Å²) in [6.45, 7) is 5.89. The Morgan fingerprint density at radius 3 is 2.40 bits per heavy atom. The zero-order chi connectivity index (χ0) is 22.5. The van der Waals surface area contributed by atoms with E-state index in [2.05, 4.69) is 5.32 Å². The number of anilines is 1. The molecular weight excluding hydrogens is 463 g/mol. The van der Waals surface area contributed by atoms with Crippen LogP contribution in [0.4, 0.5) is 5.69 Å². The molecule has 0 saturated heterocycles. The van der Waals surface area contributed by atoms with Gasteiger partial charge in [0.2, 0.25) is 15.9 Å². The molecule has 0 aromatic heterocycles. The Morgan fingerprint density at radius 1 is 1.10 bits per heavy atom. The molecule has 0 aliphatic rings. The molecule has 30 heavy (non-hydrogen) atoms. The number of hydrogen-bond donors (Lipinski definition) is 1. The number of halogens is 2. The number of nitrogens with zero attached hydrogens (tertiary/aromatic N) is 1. The fourth-order valence-corrected chi connectivity index (χ4v) is 5.18. The van der Waals surface area contributed by atoms with Crippen LogP contribution in [0.2, 0.25) is 10.0 Å². The van der Waals surface area contributed by atoms with E-state index in [0.29, 0.717) is 28.0 Å². The minimum absolute atomic E-state index is 0.339. The first-order valence-electron chi connectivity index (χ1n) is 9.36. The van der Waals surface area contributed by atoms with Gasteiger partial charge in [-0.05, 0) is 61.7 Å². The lowest BCUT2D eigenvalue weighted by Gasteiger charge is -2.28. The summed E-state index contributed by atoms with van der Waals surface area (Å²) in [6.07, 6.45) is 1.11. The molecule has 0 aliphatic carbocycles. The highest BCUT2D eigenvalue weighted by Crippen LogP contribution is 2.25. The van der Waals surface area contributed by atoms with Crippen molar-refractivity contribution >= 4 is 56.6 Å². The first-order chi connectivity index (χ1) is 14.0. The highest BCUT2D eigenvalue weighted by molar-refractivity contribution is 7.98. The largest absolute Gasteiger partial charge is 0.353 e. The van der Waals surface area contributed by atoms with Gasteiger partial charge in [-0.2, -0.15) is 11.8 Å². The van der Waals surface area contributed by atoms with E-state index in [9.17, 15) is 13.2 Å². The van der Waals surface area contributed by atoms with Crippen LogP contribution in [0.3, 0.4) is 0 Å². The number of sulfonamides is 1. The average Bonchev–Trinajstić information content (AvgIpc) is 2.66. The number of benzene rings is 2. The van der Waals surface area contributed by atoms with Crippen molar-refractivity contribution in [3.8, 4) is 0 Å². The standard InChI is InChI=1S/C21H26Cl2N2O3S2/c1-14-5-7-18(11-15(14)2)25(30(4,27)28)16(3)21(26)24-9-10-29-13-17-6-8-19(22)20(23)12-17/h5-8,11-12,16H,9-10,13H2,1-4H3,(H,24,26)/t16-/m1/s1. The number of amides is 1. The van der Waals surface area contributed by atoms with Crippen molar-refractivity contribution in [1.82, 2.24) is 5.32 Å². The maximum atomic E-state index is 12.6. The number of thioether (sulfide) groups is 1. The third-order valence-corrected chi connectivity index (χ3v) is 7.64. The number of nitrogens with one attached hydrogen (secondary N) is 1. The summed E-state index contributed by atoms with van der Waals surface area (Å²) in [5.41, 5.74) is 3.56. The number of rotatable bonds is 9. The number of hydrogen-bond acceptors (Lipinski definition) is 4. The molecule has 0 unspecified atom stereocenters. The van der Waals surface area contributed by atoms with Gasteiger partial charge in [0.05, 0.1) is 22.0 Å². The summed E-state index contributed by atoms with van der Waals surface area (Å²) < 4.78 is 25.9. The van der Waals surface area contributed by atoms with Gasteiger partial charge in [0, 0.05) is 18.1 Å². The van der Waals surface area contributed by atoms with E-state index in [0.717, 1.165) is 33.0 Å². The van der Waals surface area contributed by atoms with Crippen LogP contribution >= 0.6 is 35.0 Å². The molecule has 0 radical (unpaired) electrons. The van der Waals surface area contributed by atoms with E-state index in [1.807, 2.05) is 32.0 Å². The molecule has 2 aromatic rings. The van der Waals surface area contributed by atoms with E-state index >= 15 is 0 Å². The topological polar surface area (TPSA) is 66.5 Å². The van der Waals surface area contributed by atoms with E-state index in [4.69, 9.17) is 23.2 Å². The van der Waals surface area contributed by atoms with Gasteiger partial charge in [0.25, 0.3) is 0 Å². The monoisotopic (exact) mass is 488 g/mol. The van der Waals surface area contributed by atoms with E-state index in [1.54, 1.807) is 36.9 Å². The maximum Gasteiger partial charge on any atom is 0.243 e. The lowest BCUT2D eigenvalue weighted by molar-refractivity contribution is -0.121. The average molecular weight is 489 g/mol. The van der Waals surface area contributed by atoms with Crippen LogP contribution in [-0.4, -0.2) is 38.9 Å². The molecule has 0 bridgehead atoms. The summed E-state index contributed by atoms with van der Waals surface area (Å²) in [4.78, 5) is 12.6. The van der Waals surface area contributed by atoms with Gasteiger partial charge in [-0.25, -0.2) is 8.42 Å². The second-order valence-corrected chi connectivity index (χ2v) is 10.9. The zero-order valence-electron chi connectivity index (χ0n) is 17.4. The molecule has 0 aliphatic heterocycles. The lowest BCUT2D eigenvalue weighted by Crippen LogP contribution is -2.48. The fourth-order valence-electron chi connectivity index (χ4n) is 2.89. The third-order valence-electron chi connectivity index (χ3n) is 4.63. The summed E-state index contributed by atoms with van der Waals surface area (Å²) in [7, 11) is -3.63. The van der Waals surface area contributed by atoms with Crippen LogP contribution in [-0.2, 0) is 20.6 Å². The third kappa shape index (κ3) is 6.80. The van der Waals surface area contributed by atoms with Crippen LogP contribution in [0, 0.1) is 13.8 Å². The van der Waals surface area contributed by atoms with Gasteiger partial charge in [-0.15, -0.1) is 0 Å². The summed E-state index contributed by atoms with van der Waals surface area (Å²) in [6, 6.07) is 10.00. The molecule has 1 amide bonds. The highest BCUT2D eigenvalue weighted by atomic mass is 35.5. The number of carbonyl (C=O) groups is 1. The molecule has 1 atom stereocenters. The van der Waals surface area contributed by atoms with E-state index in [-0.39, 0.29) is 5.91 Å². The van der Waals surface area contributed by atoms with Crippen LogP contribution < -0.4 is 9.62 Å². The molecule has 9 heteroatoms. The second kappa shape index (κ2) is 10.8. The van der Waals surface area contributed by atoms with Crippen LogP contribution in [0.1, 0.15) is 23.6 Å². The SMILES string of the molecule is Cc1ccc(N([C@H](C)C(=O)NCCSCc2ccc(Cl)c(Cl)c2)S(C)(=O)=O)cc1C. The molecule has 0 heterocycles. The second-order valence-electron chi connectivity index (χ2n) is 7.10. The lowest BCUT2D eigenvalue weighted by atomic mass is 10.1. The summed E-state index contributed by atoms with van der Waals surface area (Å²) in [5, 5.41) is 3.86. The quantitative estimate of drug-likeness (QED) is 0.514. The Balaban J connectivity index is 1.93. The maximum absolute atomic E-state index is 12.6. The van der Waals surface area contributed by atoms with Gasteiger partial charge >= 0.3 is 0 Å². The molecule has 1 N–H and O–H groups in total. The van der Waals surface area contributed by atoms with Crippen molar-refractivity contribution in [2.45, 2.75) is 32.6 Å². The Labute approximate surface area is 193 Å². The normalized spacial score (nSPS) is 12.5. The highest BCUT2D eigenvalue weighted by Gasteiger charge is 2.29. The van der Waals surface area contributed by atoms with Crippen LogP contribution in [0.15, 0.2) is 36.4 Å². The summed E-state index contributed by atoms with van der Waals surface area (Å²) >= 11 is 13.6. The van der Waals surface area contributed by atoms with Gasteiger partial charge in [0.1, 0.15) is 6.04 Å². The van der Waals surface area contributed by atoms with Crippen LogP contribution in [0.5, 0.6) is 0 Å². The minimum atomic E-state index is -3.63. The molecule has 0 saturated carbocycles. The van der Waals surface area contributed by atoms with Gasteiger partial charge in [-0.3, -0.25) is 9.10 Å². The first-order valence-corrected chi connectivity index (χ1v) is 13.1. The van der Waals surface area contributed by atoms with Crippen molar-refractivity contribution in [3.05, 3.63) is 63.1 Å². The van der Waals surface area contributed by atoms with E-state index in [1.165, 1.54) is 0 Å². The fraction of sp³-hybridized carbons (Fsp3) is 0.381. The Hall–Kier alpha value is -1.41. The molecule has 2 rings (SSSR count). The predicted octanol–water partition coefficient (Wildman–Crippen LogP) is 4.81. The van der Waals surface area contributed by atoms with Crippen molar-refractivity contribution in [2.24, 2.45) is 0 Å². The number of aryl methyl sites for hydroxylation is 2. The van der Waals surface area contributed by atoms with Crippen molar-refractivity contribution in [1.29, 1.82) is 0 Å². The first kappa shape index (κ1) is 24.9. The molecule has 2 aromatic carbocycles. The Kier molecular flexibility index (Phi) is 8.91. The minimum Gasteiger partial charge on any atom is -0.353 e. The van der Waals surface area contributed by atoms with Gasteiger partial charge < -0.3 is 5.32 Å². The van der Waals surface area contributed by atoms with Gasteiger partial charge in [0.15, 0.2) is 0 Å². The molecule has 0 fully saturated rings. The zero-order valence-corrected chi connectivity index (χ0v) is 20.6. The molecular formula is C21H26Cl2N2O3S2. The molecule has 5 nitrogen and oxygen atoms in total. The number of carbonyl (C=O) groups excluding carboxylic acids is 1. The van der Waals surface area contributed by atoms with Crippen LogP contribution in [0.25, 0.3) is 0 Å². The smallest absolute Gasteiger partial charge is 0.243 e. The molecule has 0 spiro atoms. The Bertz CT molecular complexity index is 1010. The van der Waals surface area contributed by atoms with Crippen molar-refractivity contribution in [2.75, 3.05) is 22.9 Å². The van der Waals surface area contributed by atoms with E-state index < -0.39 is 16.1 Å².